The Morgan fingerprint density at radius 3 is 2.00 bits per heavy atom. The monoisotopic (exact) mass is 362 g/mol. The summed E-state index contributed by atoms with van der Waals surface area (Å²) in [6.07, 6.45) is 1.99. The van der Waals surface area contributed by atoms with E-state index >= 15 is 0 Å². The van der Waals surface area contributed by atoms with Crippen LogP contribution in [0.2, 0.25) is 0 Å². The molecule has 1 heterocycles. The molecule has 1 aliphatic heterocycles. The third-order valence-corrected chi connectivity index (χ3v) is 5.16. The van der Waals surface area contributed by atoms with E-state index in [0.717, 1.165) is 38.5 Å². The number of hydrazone groups is 1. The largest absolute Gasteiger partial charge is 0.280 e. The van der Waals surface area contributed by atoms with Gasteiger partial charge in [-0.15, -0.1) is 0 Å². The molecule has 0 unspecified atom stereocenters. The van der Waals surface area contributed by atoms with E-state index in [2.05, 4.69) is 35.4 Å². The Bertz CT molecular complexity index is 1230. The third kappa shape index (κ3) is 2.60. The molecule has 0 spiro atoms. The first-order valence-electron chi connectivity index (χ1n) is 9.30. The standard InChI is InChI=1S/C25H18N2O/c1-17-23(25(28)27(26-17)20-11-3-2-4-12-20)16-24-21-13-7-5-9-18(21)15-19-10-6-8-14-22(19)24/h2-16H,1H3/b23-16-. The highest BCUT2D eigenvalue weighted by atomic mass is 16.2. The molecule has 4 aromatic carbocycles. The lowest BCUT2D eigenvalue weighted by atomic mass is 9.94. The molecule has 0 fully saturated rings. The number of nitrogens with zero attached hydrogens (tertiary/aromatic N) is 2. The van der Waals surface area contributed by atoms with Crippen molar-refractivity contribution in [1.82, 2.24) is 0 Å². The zero-order valence-electron chi connectivity index (χ0n) is 15.5. The van der Waals surface area contributed by atoms with Crippen LogP contribution in [0, 0.1) is 0 Å². The molecule has 0 aromatic heterocycles. The summed E-state index contributed by atoms with van der Waals surface area (Å²) in [6, 6.07) is 28.3. The first kappa shape index (κ1) is 16.5. The number of fused-ring (bicyclic) bond motifs is 2. The number of carbonyl (C=O) groups is 1. The van der Waals surface area contributed by atoms with Crippen molar-refractivity contribution < 1.29 is 4.79 Å². The van der Waals surface area contributed by atoms with E-state index in [-0.39, 0.29) is 5.91 Å². The number of amides is 1. The van der Waals surface area contributed by atoms with Crippen molar-refractivity contribution in [2.75, 3.05) is 5.01 Å². The van der Waals surface area contributed by atoms with Crippen LogP contribution in [0.5, 0.6) is 0 Å². The summed E-state index contributed by atoms with van der Waals surface area (Å²) < 4.78 is 0. The molecular formula is C25H18N2O. The first-order valence-corrected chi connectivity index (χ1v) is 9.30. The molecule has 3 nitrogen and oxygen atoms in total. The predicted molar refractivity (Wildman–Crippen MR) is 116 cm³/mol. The maximum atomic E-state index is 13.1. The molecule has 1 aliphatic rings. The molecule has 0 atom stereocenters. The van der Waals surface area contributed by atoms with Crippen molar-refractivity contribution >= 4 is 44.9 Å². The van der Waals surface area contributed by atoms with Crippen molar-refractivity contribution in [1.29, 1.82) is 0 Å². The second-order valence-electron chi connectivity index (χ2n) is 6.93. The molecule has 5 rings (SSSR count). The minimum absolute atomic E-state index is 0.0966. The fraction of sp³-hybridized carbons (Fsp3) is 0.0400. The molecule has 0 bridgehead atoms. The highest BCUT2D eigenvalue weighted by Gasteiger charge is 2.28. The molecule has 4 aromatic rings. The molecule has 134 valence electrons. The van der Waals surface area contributed by atoms with Crippen molar-refractivity contribution in [3.63, 3.8) is 0 Å². The van der Waals surface area contributed by atoms with Crippen molar-refractivity contribution in [3.8, 4) is 0 Å². The highest BCUT2D eigenvalue weighted by Crippen LogP contribution is 2.32. The lowest BCUT2D eigenvalue weighted by molar-refractivity contribution is -0.114. The van der Waals surface area contributed by atoms with Gasteiger partial charge in [0, 0.05) is 0 Å². The van der Waals surface area contributed by atoms with Crippen molar-refractivity contribution in [3.05, 3.63) is 96.1 Å². The number of hydrogen-bond acceptors (Lipinski definition) is 2. The summed E-state index contributed by atoms with van der Waals surface area (Å²) in [5.74, 6) is -0.0966. The molecule has 0 radical (unpaired) electrons. The molecule has 1 amide bonds. The van der Waals surface area contributed by atoms with Gasteiger partial charge in [-0.05, 0) is 58.3 Å². The number of rotatable bonds is 2. The molecule has 0 N–H and O–H groups in total. The molecular weight excluding hydrogens is 344 g/mol. The van der Waals surface area contributed by atoms with Crippen LogP contribution in [0.1, 0.15) is 12.5 Å². The van der Waals surface area contributed by atoms with E-state index in [0.29, 0.717) is 5.57 Å². The SMILES string of the molecule is CC1=NN(c2ccccc2)C(=O)/C1=C\c1c2ccccc2cc2ccccc12. The van der Waals surface area contributed by atoms with Gasteiger partial charge in [-0.3, -0.25) is 4.79 Å². The second kappa shape index (κ2) is 6.46. The smallest absolute Gasteiger partial charge is 0.267 e. The number of hydrogen-bond donors (Lipinski definition) is 0. The Morgan fingerprint density at radius 2 is 1.36 bits per heavy atom. The van der Waals surface area contributed by atoms with E-state index in [1.807, 2.05) is 67.6 Å². The van der Waals surface area contributed by atoms with E-state index in [1.165, 1.54) is 5.01 Å². The van der Waals surface area contributed by atoms with Crippen LogP contribution in [0.25, 0.3) is 27.6 Å². The maximum absolute atomic E-state index is 13.1. The molecule has 0 aliphatic carbocycles. The van der Waals surface area contributed by atoms with Crippen molar-refractivity contribution in [2.24, 2.45) is 5.10 Å². The van der Waals surface area contributed by atoms with E-state index in [9.17, 15) is 4.79 Å². The Labute approximate surface area is 163 Å². The fourth-order valence-electron chi connectivity index (χ4n) is 3.78. The number of para-hydroxylation sites is 1. The van der Waals surface area contributed by atoms with Crippen LogP contribution in [-0.4, -0.2) is 11.6 Å². The van der Waals surface area contributed by atoms with E-state index in [4.69, 9.17) is 0 Å². The van der Waals surface area contributed by atoms with E-state index < -0.39 is 0 Å². The topological polar surface area (TPSA) is 32.7 Å². The predicted octanol–water partition coefficient (Wildman–Crippen LogP) is 5.80. The minimum atomic E-state index is -0.0966. The number of anilines is 1. The van der Waals surface area contributed by atoms with Gasteiger partial charge in [0.15, 0.2) is 0 Å². The Balaban J connectivity index is 1.72. The highest BCUT2D eigenvalue weighted by molar-refractivity contribution is 6.33. The van der Waals surface area contributed by atoms with Gasteiger partial charge in [-0.2, -0.15) is 10.1 Å². The molecule has 3 heteroatoms. The number of benzene rings is 4. The summed E-state index contributed by atoms with van der Waals surface area (Å²) in [6.45, 7) is 1.89. The second-order valence-corrected chi connectivity index (χ2v) is 6.93. The van der Waals surface area contributed by atoms with Gasteiger partial charge in [-0.1, -0.05) is 66.7 Å². The van der Waals surface area contributed by atoms with Crippen LogP contribution in [0.3, 0.4) is 0 Å². The van der Waals surface area contributed by atoms with Crippen LogP contribution >= 0.6 is 0 Å². The van der Waals surface area contributed by atoms with E-state index in [1.54, 1.807) is 0 Å². The Kier molecular flexibility index (Phi) is 3.80. The van der Waals surface area contributed by atoms with Crippen LogP contribution < -0.4 is 5.01 Å². The average molecular weight is 362 g/mol. The molecule has 28 heavy (non-hydrogen) atoms. The zero-order chi connectivity index (χ0) is 19.1. The van der Waals surface area contributed by atoms with Gasteiger partial charge in [-0.25, -0.2) is 0 Å². The summed E-state index contributed by atoms with van der Waals surface area (Å²) in [5.41, 5.74) is 3.19. The minimum Gasteiger partial charge on any atom is -0.267 e. The van der Waals surface area contributed by atoms with Crippen molar-refractivity contribution in [2.45, 2.75) is 6.92 Å². The summed E-state index contributed by atoms with van der Waals surface area (Å²) in [4.78, 5) is 13.1. The van der Waals surface area contributed by atoms with Crippen LogP contribution in [0.15, 0.2) is 95.6 Å². The van der Waals surface area contributed by atoms with Gasteiger partial charge in [0.1, 0.15) is 0 Å². The van der Waals surface area contributed by atoms with Crippen LogP contribution in [-0.2, 0) is 4.79 Å². The quantitative estimate of drug-likeness (QED) is 0.328. The zero-order valence-corrected chi connectivity index (χ0v) is 15.5. The lowest BCUT2D eigenvalue weighted by Crippen LogP contribution is -2.21. The normalized spacial score (nSPS) is 15.6. The maximum Gasteiger partial charge on any atom is 0.280 e. The fourth-order valence-corrected chi connectivity index (χ4v) is 3.78. The Morgan fingerprint density at radius 1 is 0.786 bits per heavy atom. The molecule has 0 saturated heterocycles. The van der Waals surface area contributed by atoms with Gasteiger partial charge < -0.3 is 0 Å². The molecule has 0 saturated carbocycles. The summed E-state index contributed by atoms with van der Waals surface area (Å²) in [7, 11) is 0. The summed E-state index contributed by atoms with van der Waals surface area (Å²) >= 11 is 0. The van der Waals surface area contributed by atoms with Gasteiger partial charge in [0.05, 0.1) is 17.0 Å². The third-order valence-electron chi connectivity index (χ3n) is 5.16. The first-order chi connectivity index (χ1) is 13.7. The number of carbonyl (C=O) groups excluding carboxylic acids is 1. The van der Waals surface area contributed by atoms with Crippen LogP contribution in [0.4, 0.5) is 5.69 Å². The summed E-state index contributed by atoms with van der Waals surface area (Å²) in [5, 5.41) is 10.6. The lowest BCUT2D eigenvalue weighted by Gasteiger charge is -2.12. The Hall–Kier alpha value is -3.72. The van der Waals surface area contributed by atoms with Gasteiger partial charge in [0.25, 0.3) is 5.91 Å². The average Bonchev–Trinajstić information content (AvgIpc) is 3.02. The van der Waals surface area contributed by atoms with Gasteiger partial charge in [0.2, 0.25) is 0 Å². The van der Waals surface area contributed by atoms with Gasteiger partial charge >= 0.3 is 0 Å².